The van der Waals surface area contributed by atoms with Gasteiger partial charge in [0.25, 0.3) is 0 Å². The Morgan fingerprint density at radius 2 is 1.88 bits per heavy atom. The first-order valence-corrected chi connectivity index (χ1v) is 6.68. The molecule has 5 heteroatoms. The Balaban J connectivity index is 2.68. The molecular weight excluding hydrogens is 338 g/mol. The van der Waals surface area contributed by atoms with Crippen molar-refractivity contribution < 1.29 is 10.2 Å². The average molecular weight is 353 g/mol. The SMILES string of the molecule is CC[C@@H](CO)NCc1cc(Br)c(O)c(Br)c1. The van der Waals surface area contributed by atoms with Gasteiger partial charge in [0.1, 0.15) is 5.75 Å². The number of rotatable bonds is 5. The highest BCUT2D eigenvalue weighted by atomic mass is 79.9. The summed E-state index contributed by atoms with van der Waals surface area (Å²) in [4.78, 5) is 0. The summed E-state index contributed by atoms with van der Waals surface area (Å²) in [6, 6.07) is 3.83. The molecule has 1 atom stereocenters. The van der Waals surface area contributed by atoms with Crippen molar-refractivity contribution in [2.75, 3.05) is 6.61 Å². The van der Waals surface area contributed by atoms with Crippen molar-refractivity contribution in [2.24, 2.45) is 0 Å². The molecule has 0 aromatic heterocycles. The Hall–Kier alpha value is -0.100. The summed E-state index contributed by atoms with van der Waals surface area (Å²) in [5.41, 5.74) is 1.04. The first-order chi connectivity index (χ1) is 7.58. The largest absolute Gasteiger partial charge is 0.506 e. The number of nitrogens with one attached hydrogen (secondary N) is 1. The molecule has 1 rings (SSSR count). The van der Waals surface area contributed by atoms with Crippen molar-refractivity contribution in [1.29, 1.82) is 0 Å². The predicted octanol–water partition coefficient (Wildman–Crippen LogP) is 2.78. The van der Waals surface area contributed by atoms with E-state index < -0.39 is 0 Å². The van der Waals surface area contributed by atoms with Gasteiger partial charge in [-0.25, -0.2) is 0 Å². The summed E-state index contributed by atoms with van der Waals surface area (Å²) in [5, 5.41) is 21.8. The zero-order valence-corrected chi connectivity index (χ0v) is 12.2. The minimum absolute atomic E-state index is 0.117. The molecule has 3 N–H and O–H groups in total. The van der Waals surface area contributed by atoms with Crippen LogP contribution in [0.25, 0.3) is 0 Å². The molecule has 0 heterocycles. The number of aromatic hydroxyl groups is 1. The first-order valence-electron chi connectivity index (χ1n) is 5.09. The van der Waals surface area contributed by atoms with E-state index in [-0.39, 0.29) is 18.4 Å². The maximum atomic E-state index is 9.55. The number of aliphatic hydroxyl groups is 1. The molecule has 16 heavy (non-hydrogen) atoms. The van der Waals surface area contributed by atoms with Gasteiger partial charge in [-0.3, -0.25) is 0 Å². The zero-order chi connectivity index (χ0) is 12.1. The van der Waals surface area contributed by atoms with Crippen molar-refractivity contribution in [2.45, 2.75) is 25.9 Å². The molecule has 0 aliphatic rings. The molecule has 0 bridgehead atoms. The number of phenolic OH excluding ortho intramolecular Hbond substituents is 1. The highest BCUT2D eigenvalue weighted by Gasteiger charge is 2.07. The number of aliphatic hydroxyl groups excluding tert-OH is 1. The van der Waals surface area contributed by atoms with Gasteiger partial charge in [0.15, 0.2) is 0 Å². The van der Waals surface area contributed by atoms with Crippen LogP contribution in [0.4, 0.5) is 0 Å². The summed E-state index contributed by atoms with van der Waals surface area (Å²) in [5.74, 6) is 0.206. The van der Waals surface area contributed by atoms with Gasteiger partial charge in [-0.2, -0.15) is 0 Å². The van der Waals surface area contributed by atoms with Crippen LogP contribution in [0.5, 0.6) is 5.75 Å². The number of halogens is 2. The van der Waals surface area contributed by atoms with E-state index in [2.05, 4.69) is 37.2 Å². The molecule has 0 fully saturated rings. The van der Waals surface area contributed by atoms with Crippen LogP contribution in [0.15, 0.2) is 21.1 Å². The lowest BCUT2D eigenvalue weighted by molar-refractivity contribution is 0.238. The molecule has 1 aromatic carbocycles. The van der Waals surface area contributed by atoms with Crippen LogP contribution in [-0.4, -0.2) is 22.9 Å². The standard InChI is InChI=1S/C11H15Br2NO2/c1-2-8(6-15)14-5-7-3-9(12)11(16)10(13)4-7/h3-4,8,14-16H,2,5-6H2,1H3/t8-/m0/s1. The Kier molecular flexibility index (Phi) is 5.75. The highest BCUT2D eigenvalue weighted by molar-refractivity contribution is 9.11. The first kappa shape index (κ1) is 14.0. The topological polar surface area (TPSA) is 52.5 Å². The van der Waals surface area contributed by atoms with E-state index in [4.69, 9.17) is 5.11 Å². The minimum atomic E-state index is 0.117. The number of benzene rings is 1. The normalized spacial score (nSPS) is 12.8. The van der Waals surface area contributed by atoms with Crippen LogP contribution in [0.2, 0.25) is 0 Å². The molecular formula is C11H15Br2NO2. The van der Waals surface area contributed by atoms with E-state index in [1.54, 1.807) is 0 Å². The zero-order valence-electron chi connectivity index (χ0n) is 9.00. The van der Waals surface area contributed by atoms with Crippen LogP contribution in [0.3, 0.4) is 0 Å². The fraction of sp³-hybridized carbons (Fsp3) is 0.455. The van der Waals surface area contributed by atoms with Crippen LogP contribution in [0, 0.1) is 0 Å². The summed E-state index contributed by atoms with van der Waals surface area (Å²) < 4.78 is 1.33. The van der Waals surface area contributed by atoms with Gasteiger partial charge < -0.3 is 15.5 Å². The molecule has 90 valence electrons. The Labute approximate surface area is 112 Å². The summed E-state index contributed by atoms with van der Waals surface area (Å²) in [6.45, 7) is 2.82. The van der Waals surface area contributed by atoms with Gasteiger partial charge in [0.05, 0.1) is 15.6 Å². The summed E-state index contributed by atoms with van der Waals surface area (Å²) >= 11 is 6.56. The third-order valence-corrected chi connectivity index (χ3v) is 3.59. The van der Waals surface area contributed by atoms with Gasteiger partial charge in [-0.15, -0.1) is 0 Å². The third kappa shape index (κ3) is 3.73. The number of phenols is 1. The minimum Gasteiger partial charge on any atom is -0.506 e. The molecule has 0 saturated heterocycles. The van der Waals surface area contributed by atoms with Crippen molar-refractivity contribution >= 4 is 31.9 Å². The molecule has 0 saturated carbocycles. The van der Waals surface area contributed by atoms with Crippen molar-refractivity contribution in [3.05, 3.63) is 26.6 Å². The second-order valence-electron chi connectivity index (χ2n) is 3.58. The maximum absolute atomic E-state index is 9.55. The second kappa shape index (κ2) is 6.59. The molecule has 0 amide bonds. The van der Waals surface area contributed by atoms with Gasteiger partial charge in [0, 0.05) is 12.6 Å². The smallest absolute Gasteiger partial charge is 0.143 e. The molecule has 0 spiro atoms. The fourth-order valence-corrected chi connectivity index (χ4v) is 2.60. The van der Waals surface area contributed by atoms with Gasteiger partial charge in [-0.05, 0) is 56.0 Å². The monoisotopic (exact) mass is 351 g/mol. The molecule has 0 aliphatic heterocycles. The number of hydrogen-bond donors (Lipinski definition) is 3. The fourth-order valence-electron chi connectivity index (χ4n) is 1.32. The lowest BCUT2D eigenvalue weighted by Crippen LogP contribution is -2.31. The van der Waals surface area contributed by atoms with Crippen molar-refractivity contribution in [1.82, 2.24) is 5.32 Å². The molecule has 3 nitrogen and oxygen atoms in total. The predicted molar refractivity (Wildman–Crippen MR) is 71.5 cm³/mol. The lowest BCUT2D eigenvalue weighted by atomic mass is 10.2. The van der Waals surface area contributed by atoms with E-state index in [9.17, 15) is 5.11 Å². The van der Waals surface area contributed by atoms with E-state index in [0.717, 1.165) is 12.0 Å². The highest BCUT2D eigenvalue weighted by Crippen LogP contribution is 2.33. The number of hydrogen-bond acceptors (Lipinski definition) is 3. The van der Waals surface area contributed by atoms with Gasteiger partial charge in [-0.1, -0.05) is 6.92 Å². The van der Waals surface area contributed by atoms with E-state index in [0.29, 0.717) is 15.5 Å². The molecule has 1 aromatic rings. The Bertz CT molecular complexity index is 331. The van der Waals surface area contributed by atoms with Gasteiger partial charge >= 0.3 is 0 Å². The molecule has 0 aliphatic carbocycles. The Morgan fingerprint density at radius 3 is 2.31 bits per heavy atom. The second-order valence-corrected chi connectivity index (χ2v) is 5.29. The van der Waals surface area contributed by atoms with Crippen LogP contribution in [-0.2, 0) is 6.54 Å². The quantitative estimate of drug-likeness (QED) is 0.763. The van der Waals surface area contributed by atoms with Crippen molar-refractivity contribution in [3.63, 3.8) is 0 Å². The summed E-state index contributed by atoms with van der Waals surface area (Å²) in [6.07, 6.45) is 0.886. The van der Waals surface area contributed by atoms with Crippen molar-refractivity contribution in [3.8, 4) is 5.75 Å². The van der Waals surface area contributed by atoms with E-state index in [1.165, 1.54) is 0 Å². The lowest BCUT2D eigenvalue weighted by Gasteiger charge is -2.14. The average Bonchev–Trinajstić information content (AvgIpc) is 2.27. The summed E-state index contributed by atoms with van der Waals surface area (Å²) in [7, 11) is 0. The van der Waals surface area contributed by atoms with Gasteiger partial charge in [0.2, 0.25) is 0 Å². The molecule has 0 unspecified atom stereocenters. The van der Waals surface area contributed by atoms with Crippen LogP contribution < -0.4 is 5.32 Å². The van der Waals surface area contributed by atoms with Crippen LogP contribution in [0.1, 0.15) is 18.9 Å². The molecule has 0 radical (unpaired) electrons. The Morgan fingerprint density at radius 1 is 1.31 bits per heavy atom. The van der Waals surface area contributed by atoms with E-state index >= 15 is 0 Å². The maximum Gasteiger partial charge on any atom is 0.143 e. The third-order valence-electron chi connectivity index (χ3n) is 2.38. The van der Waals surface area contributed by atoms with Crippen LogP contribution >= 0.6 is 31.9 Å². The van der Waals surface area contributed by atoms with E-state index in [1.807, 2.05) is 19.1 Å².